The van der Waals surface area contributed by atoms with Gasteiger partial charge in [0.2, 0.25) is 0 Å². The summed E-state index contributed by atoms with van der Waals surface area (Å²) in [5.41, 5.74) is -1.60. The number of likely N-dealkylation sites (tertiary alicyclic amines) is 1. The number of nitrogens with zero attached hydrogens (tertiary/aromatic N) is 1. The van der Waals surface area contributed by atoms with Gasteiger partial charge in [0.05, 0.1) is 29.8 Å². The van der Waals surface area contributed by atoms with Crippen LogP contribution in [0.15, 0.2) is 42.5 Å². The number of aliphatic hydroxyl groups is 1. The predicted molar refractivity (Wildman–Crippen MR) is 114 cm³/mol. The molecular formula is C21H22BrClF3NO3. The number of carbonyl (C=O) groups is 1. The number of rotatable bonds is 5. The normalized spacial score (nSPS) is 16.6. The van der Waals surface area contributed by atoms with Gasteiger partial charge in [0, 0.05) is 18.7 Å². The van der Waals surface area contributed by atoms with Gasteiger partial charge in [-0.1, -0.05) is 17.7 Å². The Bertz CT molecular complexity index is 882. The highest BCUT2D eigenvalue weighted by Gasteiger charge is 2.38. The molecule has 0 bridgehead atoms. The summed E-state index contributed by atoms with van der Waals surface area (Å²) < 4.78 is 44.4. The molecule has 1 fully saturated rings. The first-order valence-corrected chi connectivity index (χ1v) is 9.49. The Morgan fingerprint density at radius 3 is 2.30 bits per heavy atom. The van der Waals surface area contributed by atoms with Gasteiger partial charge in [-0.3, -0.25) is 9.69 Å². The number of carbonyl (C=O) groups excluding carboxylic acids is 1. The molecule has 0 aromatic heterocycles. The van der Waals surface area contributed by atoms with E-state index in [1.165, 1.54) is 6.07 Å². The molecular weight excluding hydrogens is 487 g/mol. The van der Waals surface area contributed by atoms with Crippen LogP contribution in [0.2, 0.25) is 5.02 Å². The average molecular weight is 509 g/mol. The van der Waals surface area contributed by atoms with Gasteiger partial charge in [0.1, 0.15) is 5.75 Å². The Kier molecular flexibility index (Phi) is 7.96. The number of halogens is 5. The third kappa shape index (κ3) is 5.55. The van der Waals surface area contributed by atoms with Crippen LogP contribution in [0.1, 0.15) is 34.3 Å². The highest BCUT2D eigenvalue weighted by atomic mass is 79.9. The molecule has 2 aromatic rings. The van der Waals surface area contributed by atoms with Crippen LogP contribution < -0.4 is 4.74 Å². The van der Waals surface area contributed by atoms with Crippen molar-refractivity contribution in [1.82, 2.24) is 4.90 Å². The Balaban J connectivity index is 0.00000320. The van der Waals surface area contributed by atoms with Crippen molar-refractivity contribution in [2.24, 2.45) is 0 Å². The molecule has 9 heteroatoms. The minimum Gasteiger partial charge on any atom is -0.497 e. The van der Waals surface area contributed by atoms with Crippen molar-refractivity contribution in [1.29, 1.82) is 0 Å². The standard InChI is InChI=1S/C21H21ClF3NO3.BrH/c1-29-16-5-2-14(3-6-16)19(27)13-26-10-8-20(28,9-11-26)15-4-7-18(22)17(12-15)21(23,24)25;/h2-7,12,28H,8-11,13H2,1H3;1H. The largest absolute Gasteiger partial charge is 0.497 e. The molecule has 0 radical (unpaired) electrons. The lowest BCUT2D eigenvalue weighted by molar-refractivity contribution is -0.137. The molecule has 3 rings (SSSR count). The van der Waals surface area contributed by atoms with E-state index < -0.39 is 22.4 Å². The van der Waals surface area contributed by atoms with Crippen LogP contribution in [-0.4, -0.2) is 42.5 Å². The van der Waals surface area contributed by atoms with E-state index in [1.54, 1.807) is 31.4 Å². The van der Waals surface area contributed by atoms with Crippen LogP contribution in [0, 0.1) is 0 Å². The molecule has 0 atom stereocenters. The van der Waals surface area contributed by atoms with Gasteiger partial charge in [-0.2, -0.15) is 13.2 Å². The molecule has 1 saturated heterocycles. The first-order valence-electron chi connectivity index (χ1n) is 9.11. The van der Waals surface area contributed by atoms with E-state index in [4.69, 9.17) is 16.3 Å². The second-order valence-corrected chi connectivity index (χ2v) is 7.56. The van der Waals surface area contributed by atoms with E-state index in [-0.39, 0.29) is 47.7 Å². The third-order valence-corrected chi connectivity index (χ3v) is 5.60. The molecule has 2 aromatic carbocycles. The number of ether oxygens (including phenoxy) is 1. The minimum atomic E-state index is -4.59. The number of hydrogen-bond acceptors (Lipinski definition) is 4. The Morgan fingerprint density at radius 2 is 1.77 bits per heavy atom. The van der Waals surface area contributed by atoms with E-state index >= 15 is 0 Å². The number of Topliss-reactive ketones (excluding diaryl/α,β-unsaturated/α-hetero) is 1. The van der Waals surface area contributed by atoms with Crippen molar-refractivity contribution in [2.45, 2.75) is 24.6 Å². The van der Waals surface area contributed by atoms with Crippen molar-refractivity contribution >= 4 is 34.4 Å². The summed E-state index contributed by atoms with van der Waals surface area (Å²) in [6.45, 7) is 0.960. The van der Waals surface area contributed by atoms with Gasteiger partial charge in [-0.05, 0) is 54.8 Å². The fourth-order valence-corrected chi connectivity index (χ4v) is 3.70. The molecule has 0 saturated carbocycles. The summed E-state index contributed by atoms with van der Waals surface area (Å²) in [7, 11) is 1.55. The molecule has 0 amide bonds. The zero-order chi connectivity index (χ0) is 21.2. The van der Waals surface area contributed by atoms with E-state index in [9.17, 15) is 23.1 Å². The van der Waals surface area contributed by atoms with Crippen molar-refractivity contribution < 1.29 is 27.8 Å². The lowest BCUT2D eigenvalue weighted by atomic mass is 9.83. The smallest absolute Gasteiger partial charge is 0.417 e. The molecule has 0 spiro atoms. The number of piperidine rings is 1. The maximum atomic E-state index is 13.1. The molecule has 0 aliphatic carbocycles. The molecule has 0 unspecified atom stereocenters. The number of alkyl halides is 3. The highest BCUT2D eigenvalue weighted by molar-refractivity contribution is 8.93. The molecule has 1 aliphatic rings. The number of ketones is 1. The minimum absolute atomic E-state index is 0. The Morgan fingerprint density at radius 1 is 1.17 bits per heavy atom. The number of hydrogen-bond donors (Lipinski definition) is 1. The molecule has 1 heterocycles. The summed E-state index contributed by atoms with van der Waals surface area (Å²) >= 11 is 5.67. The second kappa shape index (κ2) is 9.68. The lowest BCUT2D eigenvalue weighted by Crippen LogP contribution is -2.44. The second-order valence-electron chi connectivity index (χ2n) is 7.15. The summed E-state index contributed by atoms with van der Waals surface area (Å²) in [5, 5.41) is 10.5. The first-order chi connectivity index (χ1) is 13.6. The van der Waals surface area contributed by atoms with Gasteiger partial charge in [0.15, 0.2) is 5.78 Å². The molecule has 164 valence electrons. The summed E-state index contributed by atoms with van der Waals surface area (Å²) in [6.07, 6.45) is -4.14. The quantitative estimate of drug-likeness (QED) is 0.570. The van der Waals surface area contributed by atoms with E-state index in [0.29, 0.717) is 24.4 Å². The monoisotopic (exact) mass is 507 g/mol. The zero-order valence-corrected chi connectivity index (χ0v) is 18.7. The molecule has 1 aliphatic heterocycles. The van der Waals surface area contributed by atoms with Crippen LogP contribution in [0.4, 0.5) is 13.2 Å². The van der Waals surface area contributed by atoms with Crippen molar-refractivity contribution in [3.05, 3.63) is 64.2 Å². The van der Waals surface area contributed by atoms with E-state index in [2.05, 4.69) is 0 Å². The Labute approximate surface area is 188 Å². The Hall–Kier alpha value is -1.61. The first kappa shape index (κ1) is 24.7. The van der Waals surface area contributed by atoms with Gasteiger partial charge in [-0.25, -0.2) is 0 Å². The zero-order valence-electron chi connectivity index (χ0n) is 16.2. The van der Waals surface area contributed by atoms with Crippen LogP contribution >= 0.6 is 28.6 Å². The maximum absolute atomic E-state index is 13.1. The van der Waals surface area contributed by atoms with Crippen LogP contribution in [0.3, 0.4) is 0 Å². The maximum Gasteiger partial charge on any atom is 0.417 e. The van der Waals surface area contributed by atoms with Crippen LogP contribution in [0.5, 0.6) is 5.75 Å². The SMILES string of the molecule is Br.COc1ccc(C(=O)CN2CCC(O)(c3ccc(Cl)c(C(F)(F)F)c3)CC2)cc1. The topological polar surface area (TPSA) is 49.8 Å². The van der Waals surface area contributed by atoms with Gasteiger partial charge in [-0.15, -0.1) is 17.0 Å². The summed E-state index contributed by atoms with van der Waals surface area (Å²) in [6, 6.07) is 10.3. The summed E-state index contributed by atoms with van der Waals surface area (Å²) in [4.78, 5) is 14.3. The van der Waals surface area contributed by atoms with E-state index in [1.807, 2.05) is 4.90 Å². The van der Waals surface area contributed by atoms with Gasteiger partial charge >= 0.3 is 6.18 Å². The molecule has 30 heavy (non-hydrogen) atoms. The van der Waals surface area contributed by atoms with Crippen molar-refractivity contribution in [2.75, 3.05) is 26.7 Å². The predicted octanol–water partition coefficient (Wildman–Crippen LogP) is 5.11. The fourth-order valence-electron chi connectivity index (χ4n) is 3.47. The van der Waals surface area contributed by atoms with E-state index in [0.717, 1.165) is 12.1 Å². The van der Waals surface area contributed by atoms with Crippen LogP contribution in [-0.2, 0) is 11.8 Å². The van der Waals surface area contributed by atoms with Crippen molar-refractivity contribution in [3.8, 4) is 5.75 Å². The summed E-state index contributed by atoms with van der Waals surface area (Å²) in [5.74, 6) is 0.592. The third-order valence-electron chi connectivity index (χ3n) is 5.27. The fraction of sp³-hybridized carbons (Fsp3) is 0.381. The van der Waals surface area contributed by atoms with Gasteiger partial charge < -0.3 is 9.84 Å². The highest BCUT2D eigenvalue weighted by Crippen LogP contribution is 2.39. The molecule has 4 nitrogen and oxygen atoms in total. The lowest BCUT2D eigenvalue weighted by Gasteiger charge is -2.38. The molecule has 1 N–H and O–H groups in total. The van der Waals surface area contributed by atoms with Crippen LogP contribution in [0.25, 0.3) is 0 Å². The number of benzene rings is 2. The van der Waals surface area contributed by atoms with Gasteiger partial charge in [0.25, 0.3) is 0 Å². The average Bonchev–Trinajstić information content (AvgIpc) is 2.69. The number of methoxy groups -OCH3 is 1. The van der Waals surface area contributed by atoms with Crippen molar-refractivity contribution in [3.63, 3.8) is 0 Å².